The molecule has 2 aliphatic rings. The average molecular weight is 246 g/mol. The van der Waals surface area contributed by atoms with Crippen molar-refractivity contribution in [2.75, 3.05) is 0 Å². The van der Waals surface area contributed by atoms with Gasteiger partial charge in [-0.3, -0.25) is 4.79 Å². The molecule has 0 spiro atoms. The van der Waals surface area contributed by atoms with E-state index < -0.39 is 0 Å². The highest BCUT2D eigenvalue weighted by Crippen LogP contribution is 2.38. The van der Waals surface area contributed by atoms with Crippen molar-refractivity contribution >= 4 is 11.9 Å². The van der Waals surface area contributed by atoms with E-state index in [4.69, 9.17) is 9.47 Å². The van der Waals surface area contributed by atoms with Crippen LogP contribution in [0.15, 0.2) is 30.3 Å². The van der Waals surface area contributed by atoms with Crippen LogP contribution in [0, 0.1) is 5.92 Å². The Hall–Kier alpha value is -1.84. The summed E-state index contributed by atoms with van der Waals surface area (Å²) in [6, 6.07) is 8.94. The number of benzene rings is 1. The fourth-order valence-corrected chi connectivity index (χ4v) is 2.72. The molecule has 18 heavy (non-hydrogen) atoms. The summed E-state index contributed by atoms with van der Waals surface area (Å²) in [6.07, 6.45) is 1.65. The van der Waals surface area contributed by atoms with Crippen LogP contribution < -0.4 is 0 Å². The van der Waals surface area contributed by atoms with Gasteiger partial charge in [0.15, 0.2) is 0 Å². The van der Waals surface area contributed by atoms with Gasteiger partial charge in [-0.15, -0.1) is 0 Å². The second-order valence-electron chi connectivity index (χ2n) is 4.86. The third-order valence-electron chi connectivity index (χ3n) is 3.58. The number of rotatable bonds is 2. The van der Waals surface area contributed by atoms with Crippen LogP contribution in [0.1, 0.15) is 29.6 Å². The second kappa shape index (κ2) is 4.44. The van der Waals surface area contributed by atoms with Crippen molar-refractivity contribution in [3.63, 3.8) is 0 Å². The number of esters is 2. The molecule has 0 aromatic heterocycles. The number of hydrogen-bond donors (Lipinski definition) is 0. The van der Waals surface area contributed by atoms with Crippen molar-refractivity contribution in [2.24, 2.45) is 5.92 Å². The van der Waals surface area contributed by atoms with E-state index in [1.165, 1.54) is 0 Å². The van der Waals surface area contributed by atoms with Crippen molar-refractivity contribution in [3.05, 3.63) is 35.9 Å². The zero-order valence-corrected chi connectivity index (χ0v) is 9.87. The Morgan fingerprint density at radius 3 is 2.72 bits per heavy atom. The van der Waals surface area contributed by atoms with E-state index in [0.29, 0.717) is 18.4 Å². The molecule has 2 fully saturated rings. The maximum atomic E-state index is 11.9. The van der Waals surface area contributed by atoms with Crippen LogP contribution in [0.25, 0.3) is 0 Å². The molecular weight excluding hydrogens is 232 g/mol. The molecule has 3 atom stereocenters. The topological polar surface area (TPSA) is 52.6 Å². The molecule has 1 saturated heterocycles. The molecule has 1 heterocycles. The second-order valence-corrected chi connectivity index (χ2v) is 4.86. The first-order valence-corrected chi connectivity index (χ1v) is 6.18. The summed E-state index contributed by atoms with van der Waals surface area (Å²) >= 11 is 0. The normalized spacial score (nSPS) is 29.8. The Morgan fingerprint density at radius 2 is 2.00 bits per heavy atom. The number of carbonyl (C=O) groups is 2. The summed E-state index contributed by atoms with van der Waals surface area (Å²) in [5.41, 5.74) is 0.562. The summed E-state index contributed by atoms with van der Waals surface area (Å²) in [7, 11) is 0. The summed E-state index contributed by atoms with van der Waals surface area (Å²) < 4.78 is 10.6. The first-order chi connectivity index (χ1) is 8.72. The summed E-state index contributed by atoms with van der Waals surface area (Å²) in [5, 5.41) is 0. The van der Waals surface area contributed by atoms with Gasteiger partial charge in [0, 0.05) is 12.3 Å². The largest absolute Gasteiger partial charge is 0.462 e. The highest BCUT2D eigenvalue weighted by Gasteiger charge is 2.44. The highest BCUT2D eigenvalue weighted by atomic mass is 16.6. The Bertz CT molecular complexity index is 452. The van der Waals surface area contributed by atoms with E-state index in [1.54, 1.807) is 12.1 Å². The number of fused-ring (bicyclic) bond motifs is 1. The summed E-state index contributed by atoms with van der Waals surface area (Å²) in [5.74, 6) is -0.198. The van der Waals surface area contributed by atoms with Crippen LogP contribution in [-0.2, 0) is 14.3 Å². The van der Waals surface area contributed by atoms with E-state index in [0.717, 1.165) is 6.42 Å². The van der Waals surface area contributed by atoms with E-state index in [-0.39, 0.29) is 30.1 Å². The Morgan fingerprint density at radius 1 is 1.22 bits per heavy atom. The molecular formula is C14H14O4. The Balaban J connectivity index is 1.59. The molecule has 1 aliphatic carbocycles. The molecule has 0 N–H and O–H groups in total. The predicted octanol–water partition coefficient (Wildman–Crippen LogP) is 1.94. The molecule has 1 aromatic rings. The summed E-state index contributed by atoms with van der Waals surface area (Å²) in [6.45, 7) is 0. The number of ether oxygens (including phenoxy) is 2. The molecule has 0 unspecified atom stereocenters. The first-order valence-electron chi connectivity index (χ1n) is 6.18. The Kier molecular flexibility index (Phi) is 2.78. The standard InChI is InChI=1S/C14H14O4/c15-13-7-10-6-11(8-12(10)18-13)17-14(16)9-4-2-1-3-5-9/h1-5,10-12H,6-8H2/t10-,11-,12-/m0/s1. The van der Waals surface area contributed by atoms with E-state index >= 15 is 0 Å². The molecule has 1 aromatic carbocycles. The van der Waals surface area contributed by atoms with Gasteiger partial charge >= 0.3 is 11.9 Å². The average Bonchev–Trinajstić information content (AvgIpc) is 2.86. The van der Waals surface area contributed by atoms with Crippen molar-refractivity contribution < 1.29 is 19.1 Å². The molecule has 94 valence electrons. The molecule has 0 radical (unpaired) electrons. The zero-order valence-electron chi connectivity index (χ0n) is 9.87. The van der Waals surface area contributed by atoms with Crippen molar-refractivity contribution in [2.45, 2.75) is 31.5 Å². The van der Waals surface area contributed by atoms with Crippen LogP contribution in [0.4, 0.5) is 0 Å². The van der Waals surface area contributed by atoms with Gasteiger partial charge in [-0.1, -0.05) is 18.2 Å². The minimum absolute atomic E-state index is 0.0499. The molecule has 1 aliphatic heterocycles. The van der Waals surface area contributed by atoms with Gasteiger partial charge in [0.25, 0.3) is 0 Å². The van der Waals surface area contributed by atoms with Gasteiger partial charge in [0.05, 0.1) is 12.0 Å². The zero-order chi connectivity index (χ0) is 12.5. The fraction of sp³-hybridized carbons (Fsp3) is 0.429. The Labute approximate surface area is 105 Å². The van der Waals surface area contributed by atoms with E-state index in [9.17, 15) is 9.59 Å². The van der Waals surface area contributed by atoms with Gasteiger partial charge in [-0.2, -0.15) is 0 Å². The lowest BCUT2D eigenvalue weighted by molar-refractivity contribution is -0.141. The molecule has 4 nitrogen and oxygen atoms in total. The predicted molar refractivity (Wildman–Crippen MR) is 62.9 cm³/mol. The van der Waals surface area contributed by atoms with Gasteiger partial charge in [-0.25, -0.2) is 4.79 Å². The number of carbonyl (C=O) groups excluding carboxylic acids is 2. The monoisotopic (exact) mass is 246 g/mol. The maximum absolute atomic E-state index is 11.9. The van der Waals surface area contributed by atoms with Crippen molar-refractivity contribution in [1.82, 2.24) is 0 Å². The minimum atomic E-state index is -0.299. The maximum Gasteiger partial charge on any atom is 0.338 e. The first kappa shape index (κ1) is 11.3. The lowest BCUT2D eigenvalue weighted by Crippen LogP contribution is -2.17. The quantitative estimate of drug-likeness (QED) is 0.748. The highest BCUT2D eigenvalue weighted by molar-refractivity contribution is 5.89. The van der Waals surface area contributed by atoms with Crippen molar-refractivity contribution in [3.8, 4) is 0 Å². The van der Waals surface area contributed by atoms with Gasteiger partial charge in [-0.05, 0) is 18.6 Å². The van der Waals surface area contributed by atoms with Crippen LogP contribution in [0.5, 0.6) is 0 Å². The lowest BCUT2D eigenvalue weighted by atomic mass is 10.1. The fourth-order valence-electron chi connectivity index (χ4n) is 2.72. The van der Waals surface area contributed by atoms with E-state index in [1.807, 2.05) is 18.2 Å². The van der Waals surface area contributed by atoms with Crippen LogP contribution in [0.2, 0.25) is 0 Å². The van der Waals surface area contributed by atoms with Gasteiger partial charge in [0.2, 0.25) is 0 Å². The lowest BCUT2D eigenvalue weighted by Gasteiger charge is -2.12. The van der Waals surface area contributed by atoms with Gasteiger partial charge in [0.1, 0.15) is 12.2 Å². The molecule has 4 heteroatoms. The molecule has 0 amide bonds. The van der Waals surface area contributed by atoms with Crippen LogP contribution in [0.3, 0.4) is 0 Å². The van der Waals surface area contributed by atoms with Gasteiger partial charge < -0.3 is 9.47 Å². The number of hydrogen-bond acceptors (Lipinski definition) is 4. The summed E-state index contributed by atoms with van der Waals surface area (Å²) in [4.78, 5) is 22.9. The molecule has 3 rings (SSSR count). The SMILES string of the molecule is O=C1C[C@@H]2C[C@H](OC(=O)c3ccccc3)C[C@@H]2O1. The van der Waals surface area contributed by atoms with E-state index in [2.05, 4.69) is 0 Å². The smallest absolute Gasteiger partial charge is 0.338 e. The molecule has 1 saturated carbocycles. The van der Waals surface area contributed by atoms with Crippen LogP contribution in [-0.4, -0.2) is 24.1 Å². The van der Waals surface area contributed by atoms with Crippen molar-refractivity contribution in [1.29, 1.82) is 0 Å². The molecule has 0 bridgehead atoms. The third-order valence-corrected chi connectivity index (χ3v) is 3.58. The van der Waals surface area contributed by atoms with Crippen LogP contribution >= 0.6 is 0 Å². The minimum Gasteiger partial charge on any atom is -0.462 e. The third kappa shape index (κ3) is 2.10.